The van der Waals surface area contributed by atoms with Gasteiger partial charge in [0.25, 0.3) is 0 Å². The summed E-state index contributed by atoms with van der Waals surface area (Å²) in [6, 6.07) is 49.8. The molecule has 198 valence electrons. The number of fused-ring (bicyclic) bond motifs is 6. The number of anilines is 2. The summed E-state index contributed by atoms with van der Waals surface area (Å²) >= 11 is 0. The van der Waals surface area contributed by atoms with E-state index in [1.54, 1.807) is 0 Å². The highest BCUT2D eigenvalue weighted by atomic mass is 16.3. The molecule has 3 heteroatoms. The van der Waals surface area contributed by atoms with E-state index in [0.717, 1.165) is 44.4 Å². The Morgan fingerprint density at radius 3 is 2.00 bits per heavy atom. The van der Waals surface area contributed by atoms with E-state index in [0.29, 0.717) is 0 Å². The first kappa shape index (κ1) is 23.2. The van der Waals surface area contributed by atoms with Gasteiger partial charge in [-0.15, -0.1) is 0 Å². The molecule has 1 aliphatic rings. The van der Waals surface area contributed by atoms with Crippen molar-refractivity contribution in [3.05, 3.63) is 145 Å². The van der Waals surface area contributed by atoms with Crippen LogP contribution in [-0.2, 0) is 0 Å². The molecule has 0 amide bonds. The molecule has 0 fully saturated rings. The number of furan rings is 1. The summed E-state index contributed by atoms with van der Waals surface area (Å²) in [6.07, 6.45) is 0.0822. The van der Waals surface area contributed by atoms with E-state index in [1.807, 2.05) is 12.1 Å². The first-order valence-electron chi connectivity index (χ1n) is 14.4. The highest BCUT2D eigenvalue weighted by Crippen LogP contribution is 2.42. The van der Waals surface area contributed by atoms with Crippen molar-refractivity contribution in [1.82, 2.24) is 0 Å². The maximum Gasteiger partial charge on any atom is 0.143 e. The molecule has 0 spiro atoms. The number of rotatable bonds is 3. The monoisotopic (exact) mass is 538 g/mol. The minimum absolute atomic E-state index is 0.0822. The number of nitrogens with one attached hydrogen (secondary N) is 2. The van der Waals surface area contributed by atoms with Crippen molar-refractivity contribution in [1.29, 1.82) is 0 Å². The van der Waals surface area contributed by atoms with Crippen LogP contribution in [-0.4, -0.2) is 0 Å². The van der Waals surface area contributed by atoms with Crippen molar-refractivity contribution >= 4 is 54.9 Å². The normalized spacial score (nSPS) is 14.3. The molecule has 7 aromatic carbocycles. The number of para-hydroxylation sites is 1. The Kier molecular flexibility index (Phi) is 4.96. The van der Waals surface area contributed by atoms with E-state index < -0.39 is 0 Å². The van der Waals surface area contributed by atoms with Gasteiger partial charge in [0.1, 0.15) is 17.3 Å². The van der Waals surface area contributed by atoms with Crippen LogP contribution in [0.5, 0.6) is 0 Å². The summed E-state index contributed by atoms with van der Waals surface area (Å²) in [5, 5.41) is 14.4. The average molecular weight is 539 g/mol. The summed E-state index contributed by atoms with van der Waals surface area (Å²) in [7, 11) is 0. The fourth-order valence-electron chi connectivity index (χ4n) is 6.52. The van der Waals surface area contributed by atoms with Gasteiger partial charge in [0.05, 0.1) is 11.4 Å². The summed E-state index contributed by atoms with van der Waals surface area (Å²) in [6.45, 7) is 0. The lowest BCUT2D eigenvalue weighted by Crippen LogP contribution is -2.11. The van der Waals surface area contributed by atoms with Gasteiger partial charge in [0, 0.05) is 16.3 Å². The maximum atomic E-state index is 6.50. The van der Waals surface area contributed by atoms with Gasteiger partial charge in [-0.3, -0.25) is 0 Å². The summed E-state index contributed by atoms with van der Waals surface area (Å²) in [5.74, 6) is 0. The molecule has 8 aromatic rings. The molecule has 1 atom stereocenters. The van der Waals surface area contributed by atoms with Crippen LogP contribution in [0, 0.1) is 0 Å². The van der Waals surface area contributed by atoms with Gasteiger partial charge in [-0.05, 0) is 80.2 Å². The van der Waals surface area contributed by atoms with Crippen molar-refractivity contribution in [2.24, 2.45) is 0 Å². The van der Waals surface area contributed by atoms with Gasteiger partial charge in [0.15, 0.2) is 0 Å². The maximum absolute atomic E-state index is 6.50. The van der Waals surface area contributed by atoms with E-state index >= 15 is 0 Å². The van der Waals surface area contributed by atoms with Crippen LogP contribution in [0.1, 0.15) is 11.7 Å². The molecular weight excluding hydrogens is 512 g/mol. The molecule has 1 aliphatic heterocycles. The van der Waals surface area contributed by atoms with Crippen molar-refractivity contribution in [3.8, 4) is 22.3 Å². The average Bonchev–Trinajstić information content (AvgIpc) is 3.65. The first-order chi connectivity index (χ1) is 20.8. The van der Waals surface area contributed by atoms with Crippen LogP contribution >= 0.6 is 0 Å². The minimum atomic E-state index is 0.0822. The van der Waals surface area contributed by atoms with Crippen molar-refractivity contribution in [2.75, 3.05) is 10.6 Å². The second-order valence-electron chi connectivity index (χ2n) is 11.1. The van der Waals surface area contributed by atoms with Gasteiger partial charge in [-0.1, -0.05) is 103 Å². The van der Waals surface area contributed by atoms with Crippen LogP contribution in [0.15, 0.2) is 144 Å². The largest absolute Gasteiger partial charge is 0.455 e. The number of hydrogen-bond acceptors (Lipinski definition) is 3. The molecular formula is C39H26N2O. The molecule has 3 nitrogen and oxygen atoms in total. The quantitative estimate of drug-likeness (QED) is 0.235. The third-order valence-corrected chi connectivity index (χ3v) is 8.61. The zero-order chi connectivity index (χ0) is 27.6. The summed E-state index contributed by atoms with van der Waals surface area (Å²) in [5.41, 5.74) is 10.1. The van der Waals surface area contributed by atoms with Gasteiger partial charge in [-0.25, -0.2) is 0 Å². The topological polar surface area (TPSA) is 37.2 Å². The van der Waals surface area contributed by atoms with Crippen LogP contribution in [0.2, 0.25) is 0 Å². The second-order valence-corrected chi connectivity index (χ2v) is 11.1. The van der Waals surface area contributed by atoms with Gasteiger partial charge in [0.2, 0.25) is 0 Å². The van der Waals surface area contributed by atoms with E-state index in [1.165, 1.54) is 38.2 Å². The van der Waals surface area contributed by atoms with E-state index in [4.69, 9.17) is 4.42 Å². The lowest BCUT2D eigenvalue weighted by molar-refractivity contribution is 0.670. The smallest absolute Gasteiger partial charge is 0.143 e. The fraction of sp³-hybridized carbons (Fsp3) is 0.0256. The van der Waals surface area contributed by atoms with Crippen molar-refractivity contribution in [3.63, 3.8) is 0 Å². The molecule has 42 heavy (non-hydrogen) atoms. The third kappa shape index (κ3) is 3.60. The zero-order valence-electron chi connectivity index (χ0n) is 22.8. The Labute approximate surface area is 243 Å². The zero-order valence-corrected chi connectivity index (χ0v) is 22.8. The summed E-state index contributed by atoms with van der Waals surface area (Å²) in [4.78, 5) is 0. The molecule has 0 aliphatic carbocycles. The highest BCUT2D eigenvalue weighted by molar-refractivity contribution is 6.18. The van der Waals surface area contributed by atoms with Crippen LogP contribution < -0.4 is 10.6 Å². The molecule has 1 aromatic heterocycles. The van der Waals surface area contributed by atoms with Gasteiger partial charge in [-0.2, -0.15) is 0 Å². The Balaban J connectivity index is 1.12. The molecule has 0 bridgehead atoms. The molecule has 2 heterocycles. The SMILES string of the molecule is c1ccc(C2Nc3ccc(-c4ccc5cc(-c6c7ccccc7cc7c6oc6ccccc67)ccc5c4)cc3N2)cc1. The van der Waals surface area contributed by atoms with Gasteiger partial charge >= 0.3 is 0 Å². The van der Waals surface area contributed by atoms with Crippen molar-refractivity contribution < 1.29 is 4.42 Å². The molecule has 9 rings (SSSR count). The number of hydrogen-bond donors (Lipinski definition) is 2. The minimum Gasteiger partial charge on any atom is -0.455 e. The standard InChI is InChI=1S/C39H26N2O/c1-2-8-24(9-3-1)39-40-34-19-18-28(23-35(34)41-39)26-14-15-27-21-30(17-16-25(27)20-26)37-31-11-5-4-10-29(31)22-33-32-12-6-7-13-36(32)42-38(33)37/h1-23,39-41H. The number of benzene rings is 7. The first-order valence-corrected chi connectivity index (χ1v) is 14.4. The van der Waals surface area contributed by atoms with Crippen molar-refractivity contribution in [2.45, 2.75) is 6.17 Å². The Morgan fingerprint density at radius 1 is 0.452 bits per heavy atom. The second kappa shape index (κ2) is 8.98. The molecule has 1 unspecified atom stereocenters. The predicted molar refractivity (Wildman–Crippen MR) is 176 cm³/mol. The molecule has 0 saturated heterocycles. The van der Waals surface area contributed by atoms with Crippen LogP contribution in [0.3, 0.4) is 0 Å². The van der Waals surface area contributed by atoms with E-state index in [-0.39, 0.29) is 6.17 Å². The lowest BCUT2D eigenvalue weighted by Gasteiger charge is -2.12. The highest BCUT2D eigenvalue weighted by Gasteiger charge is 2.21. The van der Waals surface area contributed by atoms with E-state index in [9.17, 15) is 0 Å². The van der Waals surface area contributed by atoms with Crippen LogP contribution in [0.25, 0.3) is 65.7 Å². The van der Waals surface area contributed by atoms with Gasteiger partial charge < -0.3 is 15.1 Å². The van der Waals surface area contributed by atoms with Crippen LogP contribution in [0.4, 0.5) is 11.4 Å². The lowest BCUT2D eigenvalue weighted by atomic mass is 9.93. The Hall–Kier alpha value is -5.54. The Bertz CT molecular complexity index is 2320. The fourth-order valence-corrected chi connectivity index (χ4v) is 6.52. The molecule has 2 N–H and O–H groups in total. The Morgan fingerprint density at radius 2 is 1.12 bits per heavy atom. The molecule has 0 radical (unpaired) electrons. The summed E-state index contributed by atoms with van der Waals surface area (Å²) < 4.78 is 6.50. The van der Waals surface area contributed by atoms with E-state index in [2.05, 4.69) is 138 Å². The third-order valence-electron chi connectivity index (χ3n) is 8.61. The molecule has 0 saturated carbocycles. The predicted octanol–water partition coefficient (Wildman–Crippen LogP) is 10.8.